The second-order valence-electron chi connectivity index (χ2n) is 12.9. The summed E-state index contributed by atoms with van der Waals surface area (Å²) in [5, 5.41) is 0. The molecule has 0 radical (unpaired) electrons. The summed E-state index contributed by atoms with van der Waals surface area (Å²) in [6.45, 7) is 32.9. The molecule has 144 valence electrons. The van der Waals surface area contributed by atoms with Crippen molar-refractivity contribution in [1.82, 2.24) is 0 Å². The van der Waals surface area contributed by atoms with Crippen molar-refractivity contribution < 1.29 is 0 Å². The van der Waals surface area contributed by atoms with Crippen LogP contribution in [-0.2, 0) is 0 Å². The zero-order chi connectivity index (χ0) is 19.7. The van der Waals surface area contributed by atoms with E-state index in [0.717, 1.165) is 5.35 Å². The molecular formula is C20H44Si4Sn. The molecule has 0 aromatic carbocycles. The second-order valence-corrected chi connectivity index (χ2v) is 52.8. The Bertz CT molecular complexity index is 509. The van der Waals surface area contributed by atoms with Crippen LogP contribution in [0.15, 0.2) is 20.3 Å². The van der Waals surface area contributed by atoms with Crippen LogP contribution in [0.1, 0.15) is 12.8 Å². The van der Waals surface area contributed by atoms with E-state index in [-0.39, 0.29) is 0 Å². The van der Waals surface area contributed by atoms with Crippen LogP contribution in [0.4, 0.5) is 0 Å². The van der Waals surface area contributed by atoms with Gasteiger partial charge >= 0.3 is 168 Å². The van der Waals surface area contributed by atoms with Crippen molar-refractivity contribution >= 4 is 50.7 Å². The molecular weight excluding hydrogens is 471 g/mol. The summed E-state index contributed by atoms with van der Waals surface area (Å²) in [7, 11) is -5.19. The minimum atomic E-state index is -2.72. The van der Waals surface area contributed by atoms with Crippen molar-refractivity contribution in [3.05, 3.63) is 20.3 Å². The fourth-order valence-electron chi connectivity index (χ4n) is 8.42. The van der Waals surface area contributed by atoms with Crippen LogP contribution in [0.3, 0.4) is 0 Å². The number of rotatable bonds is 4. The third-order valence-electron chi connectivity index (χ3n) is 8.24. The van der Waals surface area contributed by atoms with Gasteiger partial charge in [-0.05, 0) is 0 Å². The van der Waals surface area contributed by atoms with Crippen molar-refractivity contribution in [2.75, 3.05) is 0 Å². The number of hydrogen-bond acceptors (Lipinski definition) is 0. The normalized spacial score (nSPS) is 25.1. The molecule has 1 spiro atoms. The van der Waals surface area contributed by atoms with Gasteiger partial charge in [-0.2, -0.15) is 0 Å². The third-order valence-corrected chi connectivity index (χ3v) is 78.9. The molecule has 0 bridgehead atoms. The quantitative estimate of drug-likeness (QED) is 0.342. The molecule has 2 rings (SSSR count). The standard InChI is InChI=1S/C16H40Si4.C4H4.Sn/c1-17(2,3)15(18(4,5)6)13-14-16(19(7,8)9)20(10,11)12;1-3-4-2;/h13-14H2,1-12H3;1-4H;. The molecule has 1 saturated heterocycles. The van der Waals surface area contributed by atoms with Gasteiger partial charge in [-0.25, -0.2) is 0 Å². The van der Waals surface area contributed by atoms with Crippen molar-refractivity contribution in [3.63, 3.8) is 0 Å². The zero-order valence-corrected chi connectivity index (χ0v) is 26.1. The van der Waals surface area contributed by atoms with Crippen LogP contribution in [0.25, 0.3) is 0 Å². The Morgan fingerprint density at radius 1 is 0.520 bits per heavy atom. The molecule has 1 fully saturated rings. The van der Waals surface area contributed by atoms with Gasteiger partial charge in [0.2, 0.25) is 0 Å². The second kappa shape index (κ2) is 6.07. The first-order valence-electron chi connectivity index (χ1n) is 10.3. The third kappa shape index (κ3) is 2.66. The van der Waals surface area contributed by atoms with Gasteiger partial charge in [0, 0.05) is 0 Å². The zero-order valence-electron chi connectivity index (χ0n) is 19.2. The van der Waals surface area contributed by atoms with Gasteiger partial charge in [-0.1, -0.05) is 0 Å². The average Bonchev–Trinajstić information content (AvgIpc) is 2.90. The summed E-state index contributed by atoms with van der Waals surface area (Å²) >= 11 is -2.72. The van der Waals surface area contributed by atoms with E-state index in [9.17, 15) is 0 Å². The van der Waals surface area contributed by atoms with E-state index in [0.29, 0.717) is 0 Å². The molecule has 2 heterocycles. The van der Waals surface area contributed by atoms with E-state index in [2.05, 4.69) is 98.9 Å². The van der Waals surface area contributed by atoms with Crippen LogP contribution >= 0.6 is 0 Å². The molecule has 2 aliphatic rings. The van der Waals surface area contributed by atoms with Crippen LogP contribution in [-0.4, -0.2) is 50.7 Å². The van der Waals surface area contributed by atoms with Crippen molar-refractivity contribution in [3.8, 4) is 0 Å². The van der Waals surface area contributed by atoms with Crippen molar-refractivity contribution in [2.45, 2.75) is 96.8 Å². The van der Waals surface area contributed by atoms with Gasteiger partial charge in [0.1, 0.15) is 0 Å². The summed E-state index contributed by atoms with van der Waals surface area (Å²) in [6.07, 6.45) is 8.20. The molecule has 0 nitrogen and oxygen atoms in total. The van der Waals surface area contributed by atoms with Gasteiger partial charge in [-0.15, -0.1) is 0 Å². The van der Waals surface area contributed by atoms with E-state index in [1.165, 1.54) is 0 Å². The molecule has 2 aliphatic heterocycles. The summed E-state index contributed by atoms with van der Waals surface area (Å²) < 4.78 is 7.46. The van der Waals surface area contributed by atoms with Gasteiger partial charge in [-0.3, -0.25) is 0 Å². The molecule has 5 heteroatoms. The van der Waals surface area contributed by atoms with Crippen LogP contribution in [0, 0.1) is 0 Å². The molecule has 0 N–H and O–H groups in total. The van der Waals surface area contributed by atoms with Crippen LogP contribution in [0.2, 0.25) is 83.9 Å². The molecule has 0 unspecified atom stereocenters. The van der Waals surface area contributed by atoms with Crippen molar-refractivity contribution in [1.29, 1.82) is 0 Å². The van der Waals surface area contributed by atoms with E-state index >= 15 is 0 Å². The van der Waals surface area contributed by atoms with Gasteiger partial charge in [0.25, 0.3) is 0 Å². The summed E-state index contributed by atoms with van der Waals surface area (Å²) in [4.78, 5) is 0. The fourth-order valence-corrected chi connectivity index (χ4v) is 102. The van der Waals surface area contributed by atoms with E-state index in [4.69, 9.17) is 0 Å². The van der Waals surface area contributed by atoms with Gasteiger partial charge in [0.15, 0.2) is 0 Å². The topological polar surface area (TPSA) is 0 Å². The molecule has 0 amide bonds. The Balaban J connectivity index is 3.00. The molecule has 0 aliphatic carbocycles. The maximum atomic E-state index is 2.95. The van der Waals surface area contributed by atoms with E-state index < -0.39 is 50.7 Å². The first-order chi connectivity index (χ1) is 10.9. The monoisotopic (exact) mass is 516 g/mol. The predicted molar refractivity (Wildman–Crippen MR) is 132 cm³/mol. The average molecular weight is 516 g/mol. The molecule has 0 atom stereocenters. The minimum absolute atomic E-state index is 0.777. The molecule has 0 saturated carbocycles. The number of hydrogen-bond donors (Lipinski definition) is 0. The maximum absolute atomic E-state index is 2.95. The summed E-state index contributed by atoms with van der Waals surface area (Å²) in [5.41, 5.74) is 0. The SMILES string of the molecule is C[Si](C)(C)[C]1([Si](C)(C)C)CC[C]([Si](C)(C)C)([Si](C)(C)C)[Sn]12[CH]=CC=[CH]2. The Kier molecular flexibility index (Phi) is 5.45. The van der Waals surface area contributed by atoms with E-state index in [1.54, 1.807) is 12.8 Å². The summed E-state index contributed by atoms with van der Waals surface area (Å²) in [6, 6.07) is 0. The first-order valence-corrected chi connectivity index (χ1v) is 30.4. The molecule has 0 aromatic rings. The Labute approximate surface area is 166 Å². The molecule has 25 heavy (non-hydrogen) atoms. The Morgan fingerprint density at radius 2 is 0.760 bits per heavy atom. The van der Waals surface area contributed by atoms with Gasteiger partial charge in [0.05, 0.1) is 0 Å². The Hall–Kier alpha value is 1.15. The van der Waals surface area contributed by atoms with E-state index in [1.807, 2.05) is 0 Å². The first kappa shape index (κ1) is 22.4. The molecule has 0 aromatic heterocycles. The Morgan fingerprint density at radius 3 is 0.960 bits per heavy atom. The van der Waals surface area contributed by atoms with Crippen LogP contribution < -0.4 is 0 Å². The fraction of sp³-hybridized carbons (Fsp3) is 0.800. The number of allylic oxidation sites excluding steroid dienone is 2. The van der Waals surface area contributed by atoms with Crippen molar-refractivity contribution in [2.24, 2.45) is 0 Å². The summed E-state index contributed by atoms with van der Waals surface area (Å²) in [5.74, 6) is 0. The van der Waals surface area contributed by atoms with Gasteiger partial charge < -0.3 is 0 Å². The van der Waals surface area contributed by atoms with Crippen LogP contribution in [0.5, 0.6) is 0 Å². The predicted octanol–water partition coefficient (Wildman–Crippen LogP) is 7.42.